The molecule has 47 heavy (non-hydrogen) atoms. The van der Waals surface area contributed by atoms with Crippen molar-refractivity contribution in [3.05, 3.63) is 11.6 Å². The van der Waals surface area contributed by atoms with Crippen molar-refractivity contribution in [3.63, 3.8) is 0 Å². The van der Waals surface area contributed by atoms with Crippen LogP contribution in [0, 0.1) is 34.5 Å². The van der Waals surface area contributed by atoms with Gasteiger partial charge < -0.3 is 9.47 Å². The number of carbonyl (C=O) groups excluding carboxylic acids is 1. The first-order valence-electron chi connectivity index (χ1n) is 21.4. The molecule has 3 heteroatoms. The summed E-state index contributed by atoms with van der Waals surface area (Å²) in [5, 5.41) is 0. The molecule has 0 heterocycles. The van der Waals surface area contributed by atoms with Gasteiger partial charge in [0.1, 0.15) is 6.10 Å². The molecule has 0 saturated heterocycles. The maximum absolute atomic E-state index is 12.6. The number of hydrogen-bond acceptors (Lipinski definition) is 3. The van der Waals surface area contributed by atoms with Crippen molar-refractivity contribution in [3.8, 4) is 0 Å². The van der Waals surface area contributed by atoms with Crippen molar-refractivity contribution >= 4 is 6.16 Å². The number of hydrogen-bond donors (Lipinski definition) is 0. The molecule has 4 rings (SSSR count). The average Bonchev–Trinajstić information content (AvgIpc) is 3.40. The van der Waals surface area contributed by atoms with E-state index < -0.39 is 6.16 Å². The fraction of sp³-hybridized carbons (Fsp3) is 0.932. The van der Waals surface area contributed by atoms with Gasteiger partial charge in [0.2, 0.25) is 0 Å². The molecule has 4 aliphatic rings. The molecule has 3 saturated carbocycles. The van der Waals surface area contributed by atoms with Crippen molar-refractivity contribution in [2.75, 3.05) is 6.61 Å². The van der Waals surface area contributed by atoms with Crippen LogP contribution in [-0.4, -0.2) is 18.9 Å². The fourth-order valence-electron chi connectivity index (χ4n) is 11.1. The lowest BCUT2D eigenvalue weighted by Gasteiger charge is -2.58. The molecule has 272 valence electrons. The second-order valence-corrected chi connectivity index (χ2v) is 17.3. The Hall–Kier alpha value is -0.990. The topological polar surface area (TPSA) is 35.5 Å². The number of carbonyl (C=O) groups is 1. The van der Waals surface area contributed by atoms with Gasteiger partial charge in [-0.3, -0.25) is 0 Å². The Morgan fingerprint density at radius 1 is 0.681 bits per heavy atom. The first-order valence-corrected chi connectivity index (χ1v) is 21.4. The van der Waals surface area contributed by atoms with E-state index in [9.17, 15) is 4.79 Å². The monoisotopic (exact) mass is 655 g/mol. The molecule has 0 spiro atoms. The highest BCUT2D eigenvalue weighted by Crippen LogP contribution is 2.66. The van der Waals surface area contributed by atoms with E-state index in [0.717, 1.165) is 49.4 Å². The summed E-state index contributed by atoms with van der Waals surface area (Å²) < 4.78 is 11.4. The molecule has 0 radical (unpaired) electrons. The Morgan fingerprint density at radius 2 is 1.26 bits per heavy atom. The molecule has 0 aliphatic heterocycles. The van der Waals surface area contributed by atoms with Gasteiger partial charge in [0, 0.05) is 6.42 Å². The van der Waals surface area contributed by atoms with Crippen LogP contribution in [0.5, 0.6) is 0 Å². The maximum atomic E-state index is 12.6. The highest BCUT2D eigenvalue weighted by molar-refractivity contribution is 5.60. The van der Waals surface area contributed by atoms with E-state index in [2.05, 4.69) is 33.8 Å². The SMILES string of the molecule is CCCCCCCCCCCCCCCCOC(=O)O[C@H]1CC[C@@]2(C)C(=CC[C@H]3[C@H]4CC[C@H](CCCCCCCC)[C@@]4(C)CC[C@H]32)C1. The highest BCUT2D eigenvalue weighted by atomic mass is 16.7. The van der Waals surface area contributed by atoms with Gasteiger partial charge in [-0.25, -0.2) is 4.79 Å². The molecule has 7 atom stereocenters. The maximum Gasteiger partial charge on any atom is 0.508 e. The van der Waals surface area contributed by atoms with E-state index >= 15 is 0 Å². The van der Waals surface area contributed by atoms with Gasteiger partial charge in [-0.15, -0.1) is 0 Å². The summed E-state index contributed by atoms with van der Waals surface area (Å²) >= 11 is 0. The first kappa shape index (κ1) is 38.8. The Balaban J connectivity index is 1.08. The van der Waals surface area contributed by atoms with Crippen LogP contribution in [0.15, 0.2) is 11.6 Å². The van der Waals surface area contributed by atoms with Crippen molar-refractivity contribution in [1.29, 1.82) is 0 Å². The van der Waals surface area contributed by atoms with E-state index in [1.807, 2.05) is 0 Å². The predicted molar refractivity (Wildman–Crippen MR) is 200 cm³/mol. The molecule has 3 fully saturated rings. The van der Waals surface area contributed by atoms with Crippen molar-refractivity contribution in [2.24, 2.45) is 34.5 Å². The van der Waals surface area contributed by atoms with Crippen LogP contribution < -0.4 is 0 Å². The number of ether oxygens (including phenoxy) is 2. The van der Waals surface area contributed by atoms with Crippen molar-refractivity contribution in [1.82, 2.24) is 0 Å². The van der Waals surface area contributed by atoms with E-state index in [0.29, 0.717) is 17.4 Å². The van der Waals surface area contributed by atoms with Crippen LogP contribution in [0.2, 0.25) is 0 Å². The third kappa shape index (κ3) is 11.3. The summed E-state index contributed by atoms with van der Waals surface area (Å²) in [4.78, 5) is 12.6. The third-order valence-electron chi connectivity index (χ3n) is 14.1. The minimum Gasteiger partial charge on any atom is -0.434 e. The molecule has 0 bridgehead atoms. The lowest BCUT2D eigenvalue weighted by atomic mass is 9.47. The fourth-order valence-corrected chi connectivity index (χ4v) is 11.1. The second kappa shape index (κ2) is 20.6. The highest BCUT2D eigenvalue weighted by Gasteiger charge is 2.58. The zero-order chi connectivity index (χ0) is 33.4. The zero-order valence-electron chi connectivity index (χ0n) is 31.9. The summed E-state index contributed by atoms with van der Waals surface area (Å²) in [6, 6.07) is 0. The summed E-state index contributed by atoms with van der Waals surface area (Å²) in [5.74, 6) is 3.56. The standard InChI is InChI=1S/C44H78O3/c1-5-7-9-11-13-14-15-16-17-18-19-20-22-24-34-46-42(45)47-38-30-32-44(4)37(35-38)26-28-39-40-29-27-36(25-23-21-12-10-8-6-2)43(40,3)33-31-41(39)44/h26,36,38-41H,5-25,27-35H2,1-4H3/t36-,38-,39-,40+,41+,43+,44-/m0/s1. The number of unbranched alkanes of at least 4 members (excludes halogenated alkanes) is 18. The van der Waals surface area contributed by atoms with Gasteiger partial charge in [-0.05, 0) is 92.3 Å². The molecular weight excluding hydrogens is 576 g/mol. The number of rotatable bonds is 23. The molecular formula is C44H78O3. The van der Waals surface area contributed by atoms with E-state index in [4.69, 9.17) is 9.47 Å². The van der Waals surface area contributed by atoms with Crippen LogP contribution in [0.4, 0.5) is 4.79 Å². The Bertz CT molecular complexity index is 910. The van der Waals surface area contributed by atoms with Gasteiger partial charge in [0.05, 0.1) is 6.61 Å². The van der Waals surface area contributed by atoms with Gasteiger partial charge in [0.25, 0.3) is 0 Å². The van der Waals surface area contributed by atoms with E-state index in [1.54, 1.807) is 5.57 Å². The quantitative estimate of drug-likeness (QED) is 0.0625. The van der Waals surface area contributed by atoms with Crippen molar-refractivity contribution in [2.45, 2.75) is 220 Å². The number of fused-ring (bicyclic) bond motifs is 5. The lowest BCUT2D eigenvalue weighted by Crippen LogP contribution is -2.50. The average molecular weight is 655 g/mol. The van der Waals surface area contributed by atoms with Gasteiger partial charge in [-0.2, -0.15) is 0 Å². The largest absolute Gasteiger partial charge is 0.508 e. The minimum absolute atomic E-state index is 0.00300. The van der Waals surface area contributed by atoms with Gasteiger partial charge >= 0.3 is 6.16 Å². The Morgan fingerprint density at radius 3 is 1.87 bits per heavy atom. The predicted octanol–water partition coefficient (Wildman–Crippen LogP) is 14.3. The molecule has 4 aliphatic carbocycles. The smallest absolute Gasteiger partial charge is 0.434 e. The molecule has 0 amide bonds. The molecule has 0 N–H and O–H groups in total. The van der Waals surface area contributed by atoms with Gasteiger partial charge in [0.15, 0.2) is 0 Å². The van der Waals surface area contributed by atoms with Crippen molar-refractivity contribution < 1.29 is 14.3 Å². The van der Waals surface area contributed by atoms with Crippen LogP contribution in [-0.2, 0) is 9.47 Å². The summed E-state index contributed by atoms with van der Waals surface area (Å²) in [5.41, 5.74) is 2.48. The van der Waals surface area contributed by atoms with Gasteiger partial charge in [-0.1, -0.05) is 161 Å². The minimum atomic E-state index is -0.432. The van der Waals surface area contributed by atoms with Crippen LogP contribution in [0.25, 0.3) is 0 Å². The second-order valence-electron chi connectivity index (χ2n) is 17.3. The molecule has 3 nitrogen and oxygen atoms in total. The molecule has 0 aromatic rings. The van der Waals surface area contributed by atoms with Crippen LogP contribution in [0.1, 0.15) is 214 Å². The molecule has 0 aromatic carbocycles. The summed E-state index contributed by atoms with van der Waals surface area (Å²) in [7, 11) is 0. The Labute approximate surface area is 292 Å². The molecule has 0 aromatic heterocycles. The van der Waals surface area contributed by atoms with E-state index in [-0.39, 0.29) is 6.10 Å². The zero-order valence-corrected chi connectivity index (χ0v) is 31.9. The van der Waals surface area contributed by atoms with Crippen LogP contribution >= 0.6 is 0 Å². The number of allylic oxidation sites excluding steroid dienone is 1. The normalized spacial score (nSPS) is 31.5. The summed E-state index contributed by atoms with van der Waals surface area (Å²) in [6.45, 7) is 10.4. The first-order chi connectivity index (χ1) is 22.9. The third-order valence-corrected chi connectivity index (χ3v) is 14.1. The summed E-state index contributed by atoms with van der Waals surface area (Å²) in [6.07, 6.45) is 41.1. The van der Waals surface area contributed by atoms with E-state index in [1.165, 1.54) is 161 Å². The lowest BCUT2D eigenvalue weighted by molar-refractivity contribution is -0.0563. The molecule has 0 unspecified atom stereocenters. The Kier molecular flexibility index (Phi) is 17.0. The van der Waals surface area contributed by atoms with Crippen LogP contribution in [0.3, 0.4) is 0 Å².